The lowest BCUT2D eigenvalue weighted by Gasteiger charge is -2.28. The summed E-state index contributed by atoms with van der Waals surface area (Å²) in [5.74, 6) is 0.00477. The number of piperidine rings is 1. The molecule has 2 amide bonds. The molecular weight excluding hydrogens is 430 g/mol. The number of anilines is 3. The van der Waals surface area contributed by atoms with Crippen LogP contribution < -0.4 is 15.1 Å². The fraction of sp³-hybridized carbons (Fsp3) is 0.545. The summed E-state index contributed by atoms with van der Waals surface area (Å²) in [5, 5.41) is 11.7. The van der Waals surface area contributed by atoms with E-state index >= 15 is 0 Å². The number of hydrogen-bond donors (Lipinski definition) is 1. The van der Waals surface area contributed by atoms with Gasteiger partial charge in [0.1, 0.15) is 0 Å². The average molecular weight is 460 g/mol. The lowest BCUT2D eigenvalue weighted by atomic mass is 10.1. The lowest BCUT2D eigenvalue weighted by Crippen LogP contribution is -2.32. The van der Waals surface area contributed by atoms with Crippen molar-refractivity contribution in [3.8, 4) is 0 Å². The number of nitrogens with zero attached hydrogens (tertiary/aromatic N) is 4. The highest BCUT2D eigenvalue weighted by Gasteiger charge is 2.35. The van der Waals surface area contributed by atoms with E-state index in [1.165, 1.54) is 48.0 Å². The third-order valence-corrected chi connectivity index (χ3v) is 7.69. The van der Waals surface area contributed by atoms with Crippen molar-refractivity contribution in [2.75, 3.05) is 28.2 Å². The molecule has 0 bridgehead atoms. The Morgan fingerprint density at radius 3 is 2.55 bits per heavy atom. The number of hydrogen-bond acceptors (Lipinski definition) is 7. The first kappa shape index (κ1) is 22.1. The van der Waals surface area contributed by atoms with Gasteiger partial charge in [0.25, 0.3) is 0 Å². The number of benzene rings is 1. The topological polar surface area (TPSA) is 78.4 Å². The number of carbonyl (C=O) groups excluding carboxylic acids is 2. The largest absolute Gasteiger partial charge is 0.372 e. The molecule has 1 saturated carbocycles. The Bertz CT molecular complexity index is 907. The van der Waals surface area contributed by atoms with Crippen LogP contribution in [0.4, 0.5) is 16.5 Å². The van der Waals surface area contributed by atoms with Crippen LogP contribution in [0, 0.1) is 0 Å². The molecule has 31 heavy (non-hydrogen) atoms. The summed E-state index contributed by atoms with van der Waals surface area (Å²) in [6, 6.07) is 8.34. The molecule has 1 aromatic heterocycles. The average Bonchev–Trinajstić information content (AvgIpc) is 3.53. The Hall–Kier alpha value is -2.13. The van der Waals surface area contributed by atoms with E-state index in [1.54, 1.807) is 4.90 Å². The predicted octanol–water partition coefficient (Wildman–Crippen LogP) is 4.55. The smallest absolute Gasteiger partial charge is 0.237 e. The number of carbonyl (C=O) groups is 2. The summed E-state index contributed by atoms with van der Waals surface area (Å²) >= 11 is 2.76. The molecule has 2 fully saturated rings. The molecule has 2 aromatic rings. The van der Waals surface area contributed by atoms with E-state index in [0.29, 0.717) is 15.9 Å². The van der Waals surface area contributed by atoms with Crippen molar-refractivity contribution < 1.29 is 9.59 Å². The van der Waals surface area contributed by atoms with E-state index in [4.69, 9.17) is 0 Å². The van der Waals surface area contributed by atoms with E-state index in [-0.39, 0.29) is 23.1 Å². The van der Waals surface area contributed by atoms with Crippen LogP contribution in [-0.4, -0.2) is 46.4 Å². The molecule has 0 radical (unpaired) electrons. The van der Waals surface area contributed by atoms with Gasteiger partial charge in [0, 0.05) is 36.9 Å². The minimum Gasteiger partial charge on any atom is -0.372 e. The highest BCUT2D eigenvalue weighted by Crippen LogP contribution is 2.37. The summed E-state index contributed by atoms with van der Waals surface area (Å²) in [5.41, 5.74) is 2.01. The second-order valence-electron chi connectivity index (χ2n) is 8.04. The Morgan fingerprint density at radius 1 is 1.19 bits per heavy atom. The van der Waals surface area contributed by atoms with Crippen molar-refractivity contribution in [1.82, 2.24) is 10.2 Å². The minimum absolute atomic E-state index is 0.0730. The summed E-state index contributed by atoms with van der Waals surface area (Å²) < 4.78 is 0.702. The van der Waals surface area contributed by atoms with E-state index in [2.05, 4.69) is 32.5 Å². The van der Waals surface area contributed by atoms with Crippen molar-refractivity contribution in [2.45, 2.75) is 68.0 Å². The van der Waals surface area contributed by atoms with Gasteiger partial charge in [-0.05, 0) is 63.3 Å². The van der Waals surface area contributed by atoms with Crippen molar-refractivity contribution >= 4 is 51.4 Å². The van der Waals surface area contributed by atoms with Gasteiger partial charge in [-0.3, -0.25) is 14.5 Å². The van der Waals surface area contributed by atoms with Crippen LogP contribution in [0.25, 0.3) is 0 Å². The summed E-state index contributed by atoms with van der Waals surface area (Å²) in [6.45, 7) is 5.93. The maximum absolute atomic E-state index is 12.7. The first-order valence-electron chi connectivity index (χ1n) is 11.0. The molecule has 1 atom stereocenters. The van der Waals surface area contributed by atoms with Gasteiger partial charge in [0.05, 0.1) is 5.25 Å². The van der Waals surface area contributed by atoms with Crippen LogP contribution >= 0.6 is 23.1 Å². The molecule has 1 aliphatic carbocycles. The van der Waals surface area contributed by atoms with Gasteiger partial charge < -0.3 is 10.2 Å². The van der Waals surface area contributed by atoms with Crippen LogP contribution in [0.1, 0.15) is 52.4 Å². The molecule has 0 spiro atoms. The number of nitrogens with one attached hydrogen (secondary N) is 1. The quantitative estimate of drug-likeness (QED) is 0.461. The van der Waals surface area contributed by atoms with E-state index in [1.807, 2.05) is 26.0 Å². The second kappa shape index (κ2) is 9.99. The van der Waals surface area contributed by atoms with Gasteiger partial charge in [-0.25, -0.2) is 0 Å². The molecule has 0 unspecified atom stereocenters. The van der Waals surface area contributed by atoms with Crippen molar-refractivity contribution in [1.29, 1.82) is 0 Å². The highest BCUT2D eigenvalue weighted by atomic mass is 32.2. The Balaban J connectivity index is 1.32. The van der Waals surface area contributed by atoms with E-state index in [0.717, 1.165) is 31.6 Å². The molecule has 2 heterocycles. The minimum atomic E-state index is -0.321. The molecule has 1 aliphatic heterocycles. The van der Waals surface area contributed by atoms with Crippen molar-refractivity contribution in [2.24, 2.45) is 0 Å². The Kier molecular flexibility index (Phi) is 7.12. The van der Waals surface area contributed by atoms with Crippen LogP contribution in [-0.2, 0) is 9.59 Å². The standard InChI is InChI=1S/C22H29N5O2S2/c1-3-19(28)27(18-11-12-18)21-24-25-22(31-21)30-15(2)20(29)23-16-7-9-17(10-8-16)26-13-5-4-6-14-26/h7-10,15,18H,3-6,11-14H2,1-2H3,(H,23,29)/t15-/m1/s1. The maximum Gasteiger partial charge on any atom is 0.237 e. The maximum atomic E-state index is 12.7. The van der Waals surface area contributed by atoms with Crippen LogP contribution in [0.2, 0.25) is 0 Å². The fourth-order valence-corrected chi connectivity index (χ4v) is 5.75. The van der Waals surface area contributed by atoms with Gasteiger partial charge in [-0.1, -0.05) is 30.0 Å². The molecule has 166 valence electrons. The number of aromatic nitrogens is 2. The van der Waals surface area contributed by atoms with E-state index in [9.17, 15) is 9.59 Å². The molecule has 1 saturated heterocycles. The van der Waals surface area contributed by atoms with Gasteiger partial charge in [0.2, 0.25) is 16.9 Å². The second-order valence-corrected chi connectivity index (χ2v) is 10.6. The third-order valence-electron chi connectivity index (χ3n) is 5.59. The van der Waals surface area contributed by atoms with Crippen LogP contribution in [0.3, 0.4) is 0 Å². The molecule has 9 heteroatoms. The monoisotopic (exact) mass is 459 g/mol. The SMILES string of the molecule is CCC(=O)N(c1nnc(S[C@H](C)C(=O)Nc2ccc(N3CCCCC3)cc2)s1)C1CC1. The number of thioether (sulfide) groups is 1. The lowest BCUT2D eigenvalue weighted by molar-refractivity contribution is -0.118. The molecular formula is C22H29N5O2S2. The molecule has 2 aliphatic rings. The van der Waals surface area contributed by atoms with Gasteiger partial charge in [-0.15, -0.1) is 10.2 Å². The Morgan fingerprint density at radius 2 is 1.90 bits per heavy atom. The normalized spacial score (nSPS) is 17.3. The first-order chi connectivity index (χ1) is 15.0. The first-order valence-corrected chi connectivity index (χ1v) is 12.7. The number of rotatable bonds is 8. The molecule has 1 N–H and O–H groups in total. The summed E-state index contributed by atoms with van der Waals surface area (Å²) in [7, 11) is 0. The van der Waals surface area contributed by atoms with E-state index < -0.39 is 0 Å². The molecule has 1 aromatic carbocycles. The van der Waals surface area contributed by atoms with Gasteiger partial charge >= 0.3 is 0 Å². The zero-order valence-electron chi connectivity index (χ0n) is 18.0. The molecule has 7 nitrogen and oxygen atoms in total. The fourth-order valence-electron chi connectivity index (χ4n) is 3.67. The summed E-state index contributed by atoms with van der Waals surface area (Å²) in [4.78, 5) is 29.1. The highest BCUT2D eigenvalue weighted by molar-refractivity contribution is 8.02. The van der Waals surface area contributed by atoms with Crippen LogP contribution in [0.15, 0.2) is 28.6 Å². The summed E-state index contributed by atoms with van der Waals surface area (Å²) in [6.07, 6.45) is 6.28. The Labute approximate surface area is 191 Å². The van der Waals surface area contributed by atoms with Crippen molar-refractivity contribution in [3.05, 3.63) is 24.3 Å². The van der Waals surface area contributed by atoms with Gasteiger partial charge in [-0.2, -0.15) is 0 Å². The van der Waals surface area contributed by atoms with Gasteiger partial charge in [0.15, 0.2) is 4.34 Å². The van der Waals surface area contributed by atoms with Crippen molar-refractivity contribution in [3.63, 3.8) is 0 Å². The zero-order valence-corrected chi connectivity index (χ0v) is 19.7. The third kappa shape index (κ3) is 5.57. The number of amides is 2. The predicted molar refractivity (Wildman–Crippen MR) is 127 cm³/mol. The zero-order chi connectivity index (χ0) is 21.8. The van der Waals surface area contributed by atoms with Crippen LogP contribution in [0.5, 0.6) is 0 Å². The molecule has 4 rings (SSSR count).